The number of piperazine rings is 1. The standard InChI is InChI=1S/C24H41ClN2O/c1-2-3-4-5-6-7-8-9-10-11-15-24(28)21-26-16-18-27(19-17-26)23-14-12-13-22(25)20-23/h12-14,20,24,28H,2-11,15-19,21H2,1H3. The third kappa shape index (κ3) is 9.62. The predicted molar refractivity (Wildman–Crippen MR) is 123 cm³/mol. The van der Waals surface area contributed by atoms with E-state index in [0.717, 1.165) is 44.2 Å². The lowest BCUT2D eigenvalue weighted by atomic mass is 10.0. The topological polar surface area (TPSA) is 26.7 Å². The van der Waals surface area contributed by atoms with Gasteiger partial charge in [0.1, 0.15) is 0 Å². The molecule has 0 aromatic heterocycles. The molecule has 160 valence electrons. The first-order valence-electron chi connectivity index (χ1n) is 11.6. The van der Waals surface area contributed by atoms with E-state index >= 15 is 0 Å². The second-order valence-electron chi connectivity index (χ2n) is 8.39. The van der Waals surface area contributed by atoms with Crippen molar-refractivity contribution in [2.24, 2.45) is 0 Å². The molecule has 4 heteroatoms. The molecule has 1 aromatic rings. The van der Waals surface area contributed by atoms with E-state index in [1.54, 1.807) is 0 Å². The SMILES string of the molecule is CCCCCCCCCCCCC(O)CN1CCN(c2cccc(Cl)c2)CC1. The van der Waals surface area contributed by atoms with Crippen molar-refractivity contribution >= 4 is 17.3 Å². The molecule has 0 bridgehead atoms. The van der Waals surface area contributed by atoms with Gasteiger partial charge in [0.05, 0.1) is 6.10 Å². The second-order valence-corrected chi connectivity index (χ2v) is 8.83. The van der Waals surface area contributed by atoms with Crippen molar-refractivity contribution in [3.05, 3.63) is 29.3 Å². The van der Waals surface area contributed by atoms with E-state index in [0.29, 0.717) is 0 Å². The summed E-state index contributed by atoms with van der Waals surface area (Å²) in [6.07, 6.45) is 14.3. The van der Waals surface area contributed by atoms with E-state index < -0.39 is 0 Å². The molecule has 1 saturated heterocycles. The molecular formula is C24H41ClN2O. The van der Waals surface area contributed by atoms with Gasteiger partial charge >= 0.3 is 0 Å². The van der Waals surface area contributed by atoms with Gasteiger partial charge < -0.3 is 10.0 Å². The van der Waals surface area contributed by atoms with Crippen LogP contribution < -0.4 is 4.90 Å². The summed E-state index contributed by atoms with van der Waals surface area (Å²) in [5, 5.41) is 11.2. The average Bonchev–Trinajstić information content (AvgIpc) is 2.70. The Morgan fingerprint density at radius 1 is 0.893 bits per heavy atom. The maximum atomic E-state index is 10.4. The Balaban J connectivity index is 1.47. The summed E-state index contributed by atoms with van der Waals surface area (Å²) in [6.45, 7) is 7.14. The van der Waals surface area contributed by atoms with Crippen LogP contribution in [0.1, 0.15) is 77.6 Å². The fraction of sp³-hybridized carbons (Fsp3) is 0.750. The lowest BCUT2D eigenvalue weighted by Gasteiger charge is -2.37. The van der Waals surface area contributed by atoms with Crippen LogP contribution in [0.4, 0.5) is 5.69 Å². The van der Waals surface area contributed by atoms with Crippen LogP contribution in [0, 0.1) is 0 Å². The molecule has 0 radical (unpaired) electrons. The highest BCUT2D eigenvalue weighted by molar-refractivity contribution is 6.30. The Morgan fingerprint density at radius 2 is 1.50 bits per heavy atom. The Labute approximate surface area is 178 Å². The van der Waals surface area contributed by atoms with Gasteiger partial charge in [-0.25, -0.2) is 0 Å². The summed E-state index contributed by atoms with van der Waals surface area (Å²) in [6, 6.07) is 8.10. The molecule has 1 fully saturated rings. The number of halogens is 1. The lowest BCUT2D eigenvalue weighted by molar-refractivity contribution is 0.0996. The van der Waals surface area contributed by atoms with Crippen LogP contribution in [0.25, 0.3) is 0 Å². The highest BCUT2D eigenvalue weighted by atomic mass is 35.5. The van der Waals surface area contributed by atoms with Gasteiger partial charge in [0.15, 0.2) is 0 Å². The van der Waals surface area contributed by atoms with Gasteiger partial charge in [-0.3, -0.25) is 4.90 Å². The van der Waals surface area contributed by atoms with Crippen LogP contribution in [0.2, 0.25) is 5.02 Å². The summed E-state index contributed by atoms with van der Waals surface area (Å²) >= 11 is 6.11. The molecule has 1 aliphatic heterocycles. The van der Waals surface area contributed by atoms with Gasteiger partial charge in [-0.05, 0) is 24.6 Å². The maximum Gasteiger partial charge on any atom is 0.0667 e. The molecule has 28 heavy (non-hydrogen) atoms. The van der Waals surface area contributed by atoms with E-state index in [4.69, 9.17) is 11.6 Å². The Hall–Kier alpha value is -0.770. The molecule has 3 nitrogen and oxygen atoms in total. The largest absolute Gasteiger partial charge is 0.392 e. The van der Waals surface area contributed by atoms with Gasteiger partial charge in [-0.2, -0.15) is 0 Å². The smallest absolute Gasteiger partial charge is 0.0667 e. The molecule has 1 aromatic carbocycles. The zero-order valence-electron chi connectivity index (χ0n) is 17.9. The van der Waals surface area contributed by atoms with E-state index in [-0.39, 0.29) is 6.10 Å². The Bertz CT molecular complexity index is 517. The van der Waals surface area contributed by atoms with E-state index in [9.17, 15) is 5.11 Å². The number of hydrogen-bond donors (Lipinski definition) is 1. The molecule has 0 aliphatic carbocycles. The van der Waals surface area contributed by atoms with E-state index in [1.165, 1.54) is 69.9 Å². The molecule has 1 N–H and O–H groups in total. The van der Waals surface area contributed by atoms with Crippen molar-refractivity contribution in [3.8, 4) is 0 Å². The van der Waals surface area contributed by atoms with Crippen molar-refractivity contribution in [3.63, 3.8) is 0 Å². The normalized spacial score (nSPS) is 16.5. The first-order chi connectivity index (χ1) is 13.7. The van der Waals surface area contributed by atoms with E-state index in [2.05, 4.69) is 22.8 Å². The number of nitrogens with zero attached hydrogens (tertiary/aromatic N) is 2. The van der Waals surface area contributed by atoms with Gasteiger partial charge in [0.2, 0.25) is 0 Å². The molecule has 1 heterocycles. The minimum absolute atomic E-state index is 0.174. The van der Waals surface area contributed by atoms with Crippen LogP contribution in [-0.2, 0) is 0 Å². The molecular weight excluding hydrogens is 368 g/mol. The molecule has 0 saturated carbocycles. The number of aliphatic hydroxyl groups is 1. The first kappa shape index (κ1) is 23.5. The Kier molecular flexibility index (Phi) is 12.0. The molecule has 1 aliphatic rings. The number of unbranched alkanes of at least 4 members (excludes halogenated alkanes) is 9. The van der Waals surface area contributed by atoms with Crippen LogP contribution >= 0.6 is 11.6 Å². The van der Waals surface area contributed by atoms with E-state index in [1.807, 2.05) is 18.2 Å². The number of benzene rings is 1. The number of hydrogen-bond acceptors (Lipinski definition) is 3. The minimum Gasteiger partial charge on any atom is -0.392 e. The number of anilines is 1. The zero-order chi connectivity index (χ0) is 20.0. The van der Waals surface area contributed by atoms with Crippen molar-refractivity contribution in [2.45, 2.75) is 83.7 Å². The van der Waals surface area contributed by atoms with Crippen molar-refractivity contribution in [1.82, 2.24) is 4.90 Å². The fourth-order valence-electron chi connectivity index (χ4n) is 4.12. The van der Waals surface area contributed by atoms with Crippen molar-refractivity contribution in [2.75, 3.05) is 37.6 Å². The van der Waals surface area contributed by atoms with Crippen molar-refractivity contribution in [1.29, 1.82) is 0 Å². The summed E-state index contributed by atoms with van der Waals surface area (Å²) in [7, 11) is 0. The third-order valence-corrected chi connectivity index (χ3v) is 6.14. The van der Waals surface area contributed by atoms with Crippen LogP contribution in [0.15, 0.2) is 24.3 Å². The molecule has 2 rings (SSSR count). The van der Waals surface area contributed by atoms with Crippen LogP contribution in [0.3, 0.4) is 0 Å². The third-order valence-electron chi connectivity index (χ3n) is 5.91. The molecule has 1 atom stereocenters. The van der Waals surface area contributed by atoms with Crippen LogP contribution in [0.5, 0.6) is 0 Å². The predicted octanol–water partition coefficient (Wildman–Crippen LogP) is 6.13. The summed E-state index contributed by atoms with van der Waals surface area (Å²) in [5.41, 5.74) is 1.21. The fourth-order valence-corrected chi connectivity index (χ4v) is 4.30. The van der Waals surface area contributed by atoms with Crippen LogP contribution in [-0.4, -0.2) is 48.8 Å². The highest BCUT2D eigenvalue weighted by Crippen LogP contribution is 2.21. The van der Waals surface area contributed by atoms with Gasteiger partial charge in [-0.1, -0.05) is 88.8 Å². The second kappa shape index (κ2) is 14.3. The summed E-state index contributed by atoms with van der Waals surface area (Å²) in [4.78, 5) is 4.79. The van der Waals surface area contributed by atoms with Gasteiger partial charge in [-0.15, -0.1) is 0 Å². The molecule has 0 amide bonds. The number of aliphatic hydroxyl groups excluding tert-OH is 1. The maximum absolute atomic E-state index is 10.4. The minimum atomic E-state index is -0.174. The van der Waals surface area contributed by atoms with Gasteiger partial charge in [0, 0.05) is 43.4 Å². The quantitative estimate of drug-likeness (QED) is 0.375. The number of rotatable bonds is 14. The zero-order valence-corrected chi connectivity index (χ0v) is 18.7. The monoisotopic (exact) mass is 408 g/mol. The number of β-amino-alcohol motifs (C(OH)–C–C–N with tert-alkyl or cyclic N) is 1. The lowest BCUT2D eigenvalue weighted by Crippen LogP contribution is -2.48. The molecule has 0 spiro atoms. The average molecular weight is 409 g/mol. The Morgan fingerprint density at radius 3 is 2.11 bits per heavy atom. The van der Waals surface area contributed by atoms with Gasteiger partial charge in [0.25, 0.3) is 0 Å². The van der Waals surface area contributed by atoms with Crippen molar-refractivity contribution < 1.29 is 5.11 Å². The summed E-state index contributed by atoms with van der Waals surface area (Å²) in [5.74, 6) is 0. The first-order valence-corrected chi connectivity index (χ1v) is 12.0. The summed E-state index contributed by atoms with van der Waals surface area (Å²) < 4.78 is 0. The molecule has 1 unspecified atom stereocenters. The highest BCUT2D eigenvalue weighted by Gasteiger charge is 2.19.